The zero-order valence-corrected chi connectivity index (χ0v) is 17.1. The van der Waals surface area contributed by atoms with Crippen LogP contribution in [0.3, 0.4) is 0 Å². The standard InChI is InChI=1S/C20H26N4O3S/c1-23(2)20(25)17-8-6-16(7-9-17)14-21-19-11-10-18(15-22-19)28(26,27)24-12-4-3-5-13-24/h6-11,15H,3-5,12-14H2,1-2H3,(H,21,22). The summed E-state index contributed by atoms with van der Waals surface area (Å²) in [5, 5.41) is 3.18. The molecule has 1 aromatic carbocycles. The van der Waals surface area contributed by atoms with Crippen molar-refractivity contribution in [3.05, 3.63) is 53.7 Å². The molecular weight excluding hydrogens is 376 g/mol. The van der Waals surface area contributed by atoms with Gasteiger partial charge in [0.1, 0.15) is 10.7 Å². The van der Waals surface area contributed by atoms with E-state index in [-0.39, 0.29) is 10.8 Å². The highest BCUT2D eigenvalue weighted by Gasteiger charge is 2.26. The van der Waals surface area contributed by atoms with Gasteiger partial charge in [-0.25, -0.2) is 13.4 Å². The van der Waals surface area contributed by atoms with E-state index in [4.69, 9.17) is 0 Å². The number of hydrogen-bond acceptors (Lipinski definition) is 5. The summed E-state index contributed by atoms with van der Waals surface area (Å²) in [6.45, 7) is 1.69. The van der Waals surface area contributed by atoms with E-state index >= 15 is 0 Å². The molecule has 0 unspecified atom stereocenters. The molecule has 1 fully saturated rings. The molecular formula is C20H26N4O3S. The Labute approximate surface area is 166 Å². The molecule has 1 aliphatic heterocycles. The van der Waals surface area contributed by atoms with Gasteiger partial charge in [0.2, 0.25) is 10.0 Å². The first kappa shape index (κ1) is 20.3. The minimum absolute atomic E-state index is 0.0355. The highest BCUT2D eigenvalue weighted by molar-refractivity contribution is 7.89. The fourth-order valence-corrected chi connectivity index (χ4v) is 4.57. The number of aromatic nitrogens is 1. The third-order valence-electron chi connectivity index (χ3n) is 4.77. The molecule has 1 aliphatic rings. The van der Waals surface area contributed by atoms with Gasteiger partial charge in [0.25, 0.3) is 5.91 Å². The summed E-state index contributed by atoms with van der Waals surface area (Å²) < 4.78 is 26.8. The number of benzene rings is 1. The lowest BCUT2D eigenvalue weighted by Crippen LogP contribution is -2.35. The fraction of sp³-hybridized carbons (Fsp3) is 0.400. The van der Waals surface area contributed by atoms with Gasteiger partial charge in [-0.3, -0.25) is 4.79 Å². The van der Waals surface area contributed by atoms with E-state index in [0.29, 0.717) is 31.0 Å². The van der Waals surface area contributed by atoms with Gasteiger partial charge in [-0.2, -0.15) is 4.31 Å². The van der Waals surface area contributed by atoms with Crippen LogP contribution in [-0.4, -0.2) is 55.7 Å². The van der Waals surface area contributed by atoms with Crippen LogP contribution in [0.15, 0.2) is 47.5 Å². The Morgan fingerprint density at radius 1 is 1.07 bits per heavy atom. The van der Waals surface area contributed by atoms with Crippen LogP contribution in [0, 0.1) is 0 Å². The molecule has 1 N–H and O–H groups in total. The smallest absolute Gasteiger partial charge is 0.253 e. The second-order valence-electron chi connectivity index (χ2n) is 7.09. The van der Waals surface area contributed by atoms with Crippen LogP contribution < -0.4 is 5.32 Å². The molecule has 0 atom stereocenters. The van der Waals surface area contributed by atoms with E-state index in [1.165, 1.54) is 15.4 Å². The van der Waals surface area contributed by atoms with Crippen molar-refractivity contribution in [2.75, 3.05) is 32.5 Å². The van der Waals surface area contributed by atoms with Crippen molar-refractivity contribution < 1.29 is 13.2 Å². The average molecular weight is 403 g/mol. The minimum Gasteiger partial charge on any atom is -0.366 e. The Morgan fingerprint density at radius 3 is 2.32 bits per heavy atom. The molecule has 0 saturated carbocycles. The summed E-state index contributed by atoms with van der Waals surface area (Å²) in [6, 6.07) is 10.6. The monoisotopic (exact) mass is 402 g/mol. The van der Waals surface area contributed by atoms with Crippen LogP contribution in [0.1, 0.15) is 35.2 Å². The Hall–Kier alpha value is -2.45. The topological polar surface area (TPSA) is 82.6 Å². The van der Waals surface area contributed by atoms with E-state index in [1.807, 2.05) is 12.1 Å². The summed E-state index contributed by atoms with van der Waals surface area (Å²) in [4.78, 5) is 17.9. The third kappa shape index (κ3) is 4.69. The first-order valence-electron chi connectivity index (χ1n) is 9.38. The maximum Gasteiger partial charge on any atom is 0.253 e. The number of piperidine rings is 1. The largest absolute Gasteiger partial charge is 0.366 e. The Bertz CT molecular complexity index is 903. The lowest BCUT2D eigenvalue weighted by atomic mass is 10.1. The van der Waals surface area contributed by atoms with Crippen LogP contribution in [0.4, 0.5) is 5.82 Å². The van der Waals surface area contributed by atoms with E-state index in [0.717, 1.165) is 24.8 Å². The summed E-state index contributed by atoms with van der Waals surface area (Å²) in [7, 11) is -0.0171. The molecule has 1 aromatic heterocycles. The first-order chi connectivity index (χ1) is 13.4. The molecule has 3 rings (SSSR count). The minimum atomic E-state index is -3.46. The van der Waals surface area contributed by atoms with Gasteiger partial charge in [-0.1, -0.05) is 18.6 Å². The van der Waals surface area contributed by atoms with Gasteiger partial charge < -0.3 is 10.2 Å². The summed E-state index contributed by atoms with van der Waals surface area (Å²) in [5.74, 6) is 0.567. The second-order valence-corrected chi connectivity index (χ2v) is 9.03. The lowest BCUT2D eigenvalue weighted by Gasteiger charge is -2.25. The second kappa shape index (κ2) is 8.70. The predicted molar refractivity (Wildman–Crippen MR) is 109 cm³/mol. The molecule has 2 heterocycles. The number of carbonyl (C=O) groups excluding carboxylic acids is 1. The molecule has 7 nitrogen and oxygen atoms in total. The number of sulfonamides is 1. The van der Waals surface area contributed by atoms with Crippen molar-refractivity contribution in [2.45, 2.75) is 30.7 Å². The Balaban J connectivity index is 1.61. The Morgan fingerprint density at radius 2 is 1.75 bits per heavy atom. The predicted octanol–water partition coefficient (Wildman–Crippen LogP) is 2.57. The maximum atomic E-state index is 12.6. The van der Waals surface area contributed by atoms with Gasteiger partial charge in [0.15, 0.2) is 0 Å². The normalized spacial score (nSPS) is 15.2. The number of carbonyl (C=O) groups is 1. The highest BCUT2D eigenvalue weighted by atomic mass is 32.2. The van der Waals surface area contributed by atoms with Crippen molar-refractivity contribution in [3.8, 4) is 0 Å². The third-order valence-corrected chi connectivity index (χ3v) is 6.65. The summed E-state index contributed by atoms with van der Waals surface area (Å²) >= 11 is 0. The summed E-state index contributed by atoms with van der Waals surface area (Å²) in [6.07, 6.45) is 4.30. The Kier molecular flexibility index (Phi) is 6.31. The van der Waals surface area contributed by atoms with Gasteiger partial charge in [0.05, 0.1) is 0 Å². The molecule has 2 aromatic rings. The van der Waals surface area contributed by atoms with Crippen molar-refractivity contribution in [1.82, 2.24) is 14.2 Å². The van der Waals surface area contributed by atoms with Crippen LogP contribution >= 0.6 is 0 Å². The van der Waals surface area contributed by atoms with Gasteiger partial charge in [-0.15, -0.1) is 0 Å². The first-order valence-corrected chi connectivity index (χ1v) is 10.8. The van der Waals surface area contributed by atoms with Crippen LogP contribution in [0.25, 0.3) is 0 Å². The quantitative estimate of drug-likeness (QED) is 0.803. The molecule has 0 radical (unpaired) electrons. The zero-order chi connectivity index (χ0) is 20.1. The number of hydrogen-bond donors (Lipinski definition) is 1. The van der Waals surface area contributed by atoms with Crippen molar-refractivity contribution in [1.29, 1.82) is 0 Å². The molecule has 0 spiro atoms. The molecule has 1 saturated heterocycles. The van der Waals surface area contributed by atoms with E-state index in [1.54, 1.807) is 38.4 Å². The highest BCUT2D eigenvalue weighted by Crippen LogP contribution is 2.21. The number of amides is 1. The van der Waals surface area contributed by atoms with E-state index in [2.05, 4.69) is 10.3 Å². The SMILES string of the molecule is CN(C)C(=O)c1ccc(CNc2ccc(S(=O)(=O)N3CCCCC3)cn2)cc1. The molecule has 150 valence electrons. The van der Waals surface area contributed by atoms with Crippen LogP contribution in [0.2, 0.25) is 0 Å². The number of anilines is 1. The van der Waals surface area contributed by atoms with Crippen molar-refractivity contribution in [3.63, 3.8) is 0 Å². The van der Waals surface area contributed by atoms with E-state index in [9.17, 15) is 13.2 Å². The molecule has 0 aliphatic carbocycles. The zero-order valence-electron chi connectivity index (χ0n) is 16.3. The molecule has 1 amide bonds. The van der Waals surface area contributed by atoms with Crippen LogP contribution in [0.5, 0.6) is 0 Å². The number of nitrogens with zero attached hydrogens (tertiary/aromatic N) is 3. The molecule has 0 bridgehead atoms. The van der Waals surface area contributed by atoms with E-state index < -0.39 is 10.0 Å². The van der Waals surface area contributed by atoms with Gasteiger partial charge in [0, 0.05) is 45.5 Å². The van der Waals surface area contributed by atoms with Gasteiger partial charge >= 0.3 is 0 Å². The number of pyridine rings is 1. The maximum absolute atomic E-state index is 12.6. The number of nitrogens with one attached hydrogen (secondary N) is 1. The summed E-state index contributed by atoms with van der Waals surface area (Å²) in [5.41, 5.74) is 1.64. The average Bonchev–Trinajstić information content (AvgIpc) is 2.73. The van der Waals surface area contributed by atoms with Crippen molar-refractivity contribution in [2.24, 2.45) is 0 Å². The van der Waals surface area contributed by atoms with Crippen LogP contribution in [-0.2, 0) is 16.6 Å². The number of rotatable bonds is 6. The molecule has 28 heavy (non-hydrogen) atoms. The van der Waals surface area contributed by atoms with Crippen molar-refractivity contribution >= 4 is 21.7 Å². The lowest BCUT2D eigenvalue weighted by molar-refractivity contribution is 0.0827. The fourth-order valence-electron chi connectivity index (χ4n) is 3.11. The molecule has 8 heteroatoms. The van der Waals surface area contributed by atoms with Gasteiger partial charge in [-0.05, 0) is 42.7 Å².